The summed E-state index contributed by atoms with van der Waals surface area (Å²) in [6.07, 6.45) is 0. The fourth-order valence-electron chi connectivity index (χ4n) is 1.11. The van der Waals surface area contributed by atoms with Gasteiger partial charge >= 0.3 is 0 Å². The molecule has 0 bridgehead atoms. The molecule has 0 amide bonds. The maximum Gasteiger partial charge on any atom is 0.171 e. The van der Waals surface area contributed by atoms with Crippen LogP contribution in [-0.2, 0) is 0 Å². The van der Waals surface area contributed by atoms with Crippen LogP contribution in [0.3, 0.4) is 0 Å². The van der Waals surface area contributed by atoms with Gasteiger partial charge in [-0.05, 0) is 18.2 Å². The van der Waals surface area contributed by atoms with Gasteiger partial charge in [-0.2, -0.15) is 0 Å². The van der Waals surface area contributed by atoms with Gasteiger partial charge in [-0.25, -0.2) is 4.98 Å². The topological polar surface area (TPSA) is 33.1 Å². The molecule has 0 atom stereocenters. The Kier molecular flexibility index (Phi) is 2.14. The minimum Gasteiger partial charge on any atom is -0.505 e. The number of halogens is 2. The fourth-order valence-corrected chi connectivity index (χ4v) is 1.60. The van der Waals surface area contributed by atoms with Crippen molar-refractivity contribution < 1.29 is 5.11 Å². The number of hydrogen-bond donors (Lipinski definition) is 1. The van der Waals surface area contributed by atoms with E-state index in [1.165, 1.54) is 0 Å². The first kappa shape index (κ1) is 8.78. The van der Waals surface area contributed by atoms with E-state index in [9.17, 15) is 5.11 Å². The third kappa shape index (κ3) is 1.62. The van der Waals surface area contributed by atoms with Crippen molar-refractivity contribution in [3.63, 3.8) is 0 Å². The Morgan fingerprint density at radius 2 is 2.08 bits per heavy atom. The van der Waals surface area contributed by atoms with Gasteiger partial charge in [0, 0.05) is 9.86 Å². The number of nitrogens with zero attached hydrogens (tertiary/aromatic N) is 1. The van der Waals surface area contributed by atoms with Crippen LogP contribution in [0.2, 0.25) is 5.15 Å². The number of pyridine rings is 1. The molecular weight excluding hydrogens is 253 g/mol. The van der Waals surface area contributed by atoms with Crippen LogP contribution in [0.4, 0.5) is 0 Å². The second kappa shape index (κ2) is 3.16. The predicted octanol–water partition coefficient (Wildman–Crippen LogP) is 3.36. The van der Waals surface area contributed by atoms with E-state index in [1.807, 2.05) is 18.2 Å². The van der Waals surface area contributed by atoms with Gasteiger partial charge in [-0.15, -0.1) is 0 Å². The van der Waals surface area contributed by atoms with E-state index in [4.69, 9.17) is 11.6 Å². The molecule has 0 radical (unpaired) electrons. The third-order valence-electron chi connectivity index (χ3n) is 1.71. The van der Waals surface area contributed by atoms with Crippen molar-refractivity contribution in [3.8, 4) is 5.75 Å². The zero-order valence-electron chi connectivity index (χ0n) is 6.46. The second-order valence-electron chi connectivity index (χ2n) is 2.64. The maximum absolute atomic E-state index is 9.28. The summed E-state index contributed by atoms with van der Waals surface area (Å²) in [5, 5.41) is 10.3. The molecule has 1 aromatic carbocycles. The second-order valence-corrected chi connectivity index (χ2v) is 3.91. The highest BCUT2D eigenvalue weighted by Crippen LogP contribution is 2.27. The standard InChI is InChI=1S/C9H5BrClNO/c10-6-2-1-5-3-8(13)9(11)12-7(5)4-6/h1-4,13H. The van der Waals surface area contributed by atoms with E-state index < -0.39 is 0 Å². The summed E-state index contributed by atoms with van der Waals surface area (Å²) in [7, 11) is 0. The number of aromatic hydroxyl groups is 1. The van der Waals surface area contributed by atoms with Crippen molar-refractivity contribution in [2.45, 2.75) is 0 Å². The molecule has 0 aliphatic carbocycles. The summed E-state index contributed by atoms with van der Waals surface area (Å²) >= 11 is 8.99. The van der Waals surface area contributed by atoms with Crippen LogP contribution in [0, 0.1) is 0 Å². The molecule has 1 aromatic heterocycles. The Morgan fingerprint density at radius 3 is 2.85 bits per heavy atom. The molecule has 66 valence electrons. The lowest BCUT2D eigenvalue weighted by Crippen LogP contribution is -1.80. The molecular formula is C9H5BrClNO. The first-order valence-electron chi connectivity index (χ1n) is 3.61. The highest BCUT2D eigenvalue weighted by molar-refractivity contribution is 9.10. The fraction of sp³-hybridized carbons (Fsp3) is 0. The summed E-state index contributed by atoms with van der Waals surface area (Å²) in [6.45, 7) is 0. The average molecular weight is 259 g/mol. The first-order valence-corrected chi connectivity index (χ1v) is 4.79. The van der Waals surface area contributed by atoms with Crippen LogP contribution in [0.25, 0.3) is 10.9 Å². The monoisotopic (exact) mass is 257 g/mol. The van der Waals surface area contributed by atoms with E-state index in [2.05, 4.69) is 20.9 Å². The number of aromatic nitrogens is 1. The van der Waals surface area contributed by atoms with Crippen molar-refractivity contribution in [1.29, 1.82) is 0 Å². The summed E-state index contributed by atoms with van der Waals surface area (Å²) in [5.74, 6) is 0.0106. The lowest BCUT2D eigenvalue weighted by atomic mass is 10.2. The van der Waals surface area contributed by atoms with Gasteiger partial charge in [-0.1, -0.05) is 33.6 Å². The van der Waals surface area contributed by atoms with Crippen LogP contribution < -0.4 is 0 Å². The van der Waals surface area contributed by atoms with Crippen LogP contribution >= 0.6 is 27.5 Å². The van der Waals surface area contributed by atoms with Gasteiger partial charge in [-0.3, -0.25) is 0 Å². The van der Waals surface area contributed by atoms with Crippen molar-refractivity contribution in [2.24, 2.45) is 0 Å². The van der Waals surface area contributed by atoms with Crippen LogP contribution in [0.1, 0.15) is 0 Å². The molecule has 0 aliphatic heterocycles. The number of fused-ring (bicyclic) bond motifs is 1. The smallest absolute Gasteiger partial charge is 0.171 e. The number of rotatable bonds is 0. The van der Waals surface area contributed by atoms with E-state index in [1.54, 1.807) is 6.07 Å². The lowest BCUT2D eigenvalue weighted by Gasteiger charge is -2.00. The van der Waals surface area contributed by atoms with Crippen molar-refractivity contribution in [3.05, 3.63) is 33.9 Å². The van der Waals surface area contributed by atoms with Crippen LogP contribution in [0.15, 0.2) is 28.7 Å². The highest BCUT2D eigenvalue weighted by Gasteiger charge is 2.02. The minimum atomic E-state index is 0.0106. The zero-order valence-corrected chi connectivity index (χ0v) is 8.80. The average Bonchev–Trinajstić information content (AvgIpc) is 2.08. The highest BCUT2D eigenvalue weighted by atomic mass is 79.9. The molecule has 0 spiro atoms. The van der Waals surface area contributed by atoms with Gasteiger partial charge in [0.15, 0.2) is 10.9 Å². The van der Waals surface area contributed by atoms with E-state index in [0.717, 1.165) is 15.4 Å². The quantitative estimate of drug-likeness (QED) is 0.735. The molecule has 2 rings (SSSR count). The van der Waals surface area contributed by atoms with E-state index >= 15 is 0 Å². The van der Waals surface area contributed by atoms with Gasteiger partial charge in [0.25, 0.3) is 0 Å². The van der Waals surface area contributed by atoms with E-state index in [-0.39, 0.29) is 10.9 Å². The molecule has 2 nitrogen and oxygen atoms in total. The number of benzene rings is 1. The molecule has 0 aliphatic rings. The van der Waals surface area contributed by atoms with Gasteiger partial charge < -0.3 is 5.11 Å². The first-order chi connectivity index (χ1) is 6.16. The minimum absolute atomic E-state index is 0.0106. The lowest BCUT2D eigenvalue weighted by molar-refractivity contribution is 0.474. The molecule has 1 N–H and O–H groups in total. The van der Waals surface area contributed by atoms with Gasteiger partial charge in [0.1, 0.15) is 0 Å². The molecule has 0 unspecified atom stereocenters. The van der Waals surface area contributed by atoms with E-state index in [0.29, 0.717) is 0 Å². The summed E-state index contributed by atoms with van der Waals surface area (Å²) < 4.78 is 0.939. The zero-order chi connectivity index (χ0) is 9.42. The molecule has 1 heterocycles. The molecule has 4 heteroatoms. The predicted molar refractivity (Wildman–Crippen MR) is 56.1 cm³/mol. The normalized spacial score (nSPS) is 10.6. The van der Waals surface area contributed by atoms with Crippen molar-refractivity contribution >= 4 is 38.4 Å². The Bertz CT molecular complexity index is 472. The molecule has 2 aromatic rings. The SMILES string of the molecule is Oc1cc2ccc(Br)cc2nc1Cl. The summed E-state index contributed by atoms with van der Waals surface area (Å²) in [6, 6.07) is 7.19. The number of hydrogen-bond acceptors (Lipinski definition) is 2. The van der Waals surface area contributed by atoms with Crippen molar-refractivity contribution in [1.82, 2.24) is 4.98 Å². The van der Waals surface area contributed by atoms with Crippen molar-refractivity contribution in [2.75, 3.05) is 0 Å². The van der Waals surface area contributed by atoms with Gasteiger partial charge in [0.05, 0.1) is 5.52 Å². The Morgan fingerprint density at radius 1 is 1.31 bits per heavy atom. The Balaban J connectivity index is 2.81. The van der Waals surface area contributed by atoms with Gasteiger partial charge in [0.2, 0.25) is 0 Å². The summed E-state index contributed by atoms with van der Waals surface area (Å²) in [5.41, 5.74) is 0.761. The molecule has 0 fully saturated rings. The Hall–Kier alpha value is -0.800. The Labute approximate surface area is 88.3 Å². The maximum atomic E-state index is 9.28. The van der Waals surface area contributed by atoms with Crippen LogP contribution in [0.5, 0.6) is 5.75 Å². The molecule has 13 heavy (non-hydrogen) atoms. The largest absolute Gasteiger partial charge is 0.505 e. The molecule has 0 saturated carbocycles. The third-order valence-corrected chi connectivity index (χ3v) is 2.49. The summed E-state index contributed by atoms with van der Waals surface area (Å²) in [4.78, 5) is 4.02. The molecule has 0 saturated heterocycles. The van der Waals surface area contributed by atoms with Crippen LogP contribution in [-0.4, -0.2) is 10.1 Å².